The third kappa shape index (κ3) is 6.13. The smallest absolute Gasteiger partial charge is 0.114 e. The van der Waals surface area contributed by atoms with Gasteiger partial charge >= 0.3 is 0 Å². The largest absolute Gasteiger partial charge is 0.296 e. The van der Waals surface area contributed by atoms with Crippen LogP contribution in [0.2, 0.25) is 0 Å². The van der Waals surface area contributed by atoms with Crippen LogP contribution in [0.25, 0.3) is 82.8 Å². The van der Waals surface area contributed by atoms with Crippen molar-refractivity contribution in [1.29, 1.82) is 0 Å². The molecule has 252 valence electrons. The normalized spacial score (nSPS) is 11.5. The third-order valence-electron chi connectivity index (χ3n) is 11.5. The van der Waals surface area contributed by atoms with Gasteiger partial charge in [-0.2, -0.15) is 0 Å². The molecule has 1 aromatic heterocycles. The molecule has 0 aliphatic carbocycles. The molecule has 0 unspecified atom stereocenters. The molecule has 0 aliphatic heterocycles. The molecule has 12 heteroatoms. The molecule has 0 amide bonds. The zero-order valence-electron chi connectivity index (χ0n) is 32.3. The van der Waals surface area contributed by atoms with E-state index in [1.54, 1.807) is 0 Å². The van der Waals surface area contributed by atoms with Crippen molar-refractivity contribution in [2.24, 2.45) is 0 Å². The fraction of sp³-hybridized carbons (Fsp3) is 0.0426. The average molecular weight is 725 g/mol. The highest BCUT2D eigenvalue weighted by atomic mass is 15.1. The van der Waals surface area contributed by atoms with Gasteiger partial charge < -0.3 is 0 Å². The van der Waals surface area contributed by atoms with Gasteiger partial charge in [0.15, 0.2) is 0 Å². The number of nitrogens with zero attached hydrogens (tertiary/aromatic N) is 2. The van der Waals surface area contributed by atoms with Crippen LogP contribution in [0.5, 0.6) is 0 Å². The van der Waals surface area contributed by atoms with E-state index >= 15 is 0 Å². The van der Waals surface area contributed by atoms with Gasteiger partial charge in [-0.1, -0.05) is 108 Å². The van der Waals surface area contributed by atoms with E-state index in [-0.39, 0.29) is 54.6 Å². The molecule has 2 nitrogen and oxygen atoms in total. The molecule has 0 atom stereocenters. The van der Waals surface area contributed by atoms with Gasteiger partial charge in [0.1, 0.15) is 84.3 Å². The summed E-state index contributed by atoms with van der Waals surface area (Å²) in [4.78, 5) is 4.91. The number of aromatic nitrogens is 2. The van der Waals surface area contributed by atoms with Crippen molar-refractivity contribution >= 4 is 166 Å². The van der Waals surface area contributed by atoms with Crippen LogP contribution in [0.15, 0.2) is 115 Å². The van der Waals surface area contributed by atoms with Crippen molar-refractivity contribution in [3.8, 4) is 50.2 Å². The molecule has 1 heterocycles. The fourth-order valence-electron chi connectivity index (χ4n) is 8.49. The maximum Gasteiger partial charge on any atom is 0.114 e. The van der Waals surface area contributed by atoms with Crippen molar-refractivity contribution in [3.05, 3.63) is 121 Å². The molecule has 0 aliphatic rings. The second kappa shape index (κ2) is 14.9. The highest BCUT2D eigenvalue weighted by Crippen LogP contribution is 2.45. The summed E-state index contributed by atoms with van der Waals surface area (Å²) >= 11 is 0. The molecule has 9 aromatic rings. The highest BCUT2D eigenvalue weighted by molar-refractivity contribution is 6.70. The number of aryl methyl sites for hydroxylation is 1. The minimum absolute atomic E-state index is 0.149. The number of rotatable bonds is 6. The zero-order chi connectivity index (χ0) is 41.4. The monoisotopic (exact) mass is 726 g/mol. The van der Waals surface area contributed by atoms with E-state index in [4.69, 9.17) is 83.4 Å². The van der Waals surface area contributed by atoms with Crippen LogP contribution in [-0.4, -0.2) is 88.0 Å². The topological polar surface area (TPSA) is 17.8 Å². The Morgan fingerprint density at radius 2 is 0.831 bits per heavy atom. The van der Waals surface area contributed by atoms with Crippen LogP contribution in [0.4, 0.5) is 0 Å². The SMILES string of the molecule is [B]c1c([B])c([B])c(-c2cccc(-c3c4ccccc4c(-c4ccc(-n5c(CC)nc6ccccc65)cc4)c4ccc(-c5c([B])c([B])c([B])c([B])c5[B])cc34)c2)c([B])c1[B]. The Balaban J connectivity index is 1.34. The van der Waals surface area contributed by atoms with E-state index < -0.39 is 0 Å². The van der Waals surface area contributed by atoms with Gasteiger partial charge in [0, 0.05) is 12.1 Å². The highest BCUT2D eigenvalue weighted by Gasteiger charge is 2.21. The van der Waals surface area contributed by atoms with E-state index in [2.05, 4.69) is 72.2 Å². The Bertz CT molecular complexity index is 3150. The fourth-order valence-corrected chi connectivity index (χ4v) is 8.49. The molecular weight excluding hydrogens is 701 g/mol. The van der Waals surface area contributed by atoms with Gasteiger partial charge in [0.05, 0.1) is 11.0 Å². The van der Waals surface area contributed by atoms with Crippen LogP contribution in [0, 0.1) is 0 Å². The van der Waals surface area contributed by atoms with Gasteiger partial charge in [-0.25, -0.2) is 4.98 Å². The molecule has 0 saturated heterocycles. The number of benzene rings is 8. The molecule has 0 saturated carbocycles. The van der Waals surface area contributed by atoms with Crippen molar-refractivity contribution < 1.29 is 0 Å². The van der Waals surface area contributed by atoms with E-state index in [0.29, 0.717) is 16.7 Å². The first-order valence-corrected chi connectivity index (χ1v) is 19.1. The van der Waals surface area contributed by atoms with Crippen LogP contribution >= 0.6 is 0 Å². The van der Waals surface area contributed by atoms with Crippen LogP contribution in [-0.2, 0) is 6.42 Å². The predicted molar refractivity (Wildman–Crippen MR) is 261 cm³/mol. The summed E-state index contributed by atoms with van der Waals surface area (Å²) in [5.74, 6) is 0.990. The molecule has 0 fully saturated rings. The summed E-state index contributed by atoms with van der Waals surface area (Å²) in [6, 6.07) is 39.3. The van der Waals surface area contributed by atoms with Crippen molar-refractivity contribution in [2.75, 3.05) is 0 Å². The summed E-state index contributed by atoms with van der Waals surface area (Å²) in [6.45, 7) is 2.12. The number of hydrogen-bond acceptors (Lipinski definition) is 1. The van der Waals surface area contributed by atoms with Crippen molar-refractivity contribution in [1.82, 2.24) is 9.55 Å². The Kier molecular flexibility index (Phi) is 9.82. The van der Waals surface area contributed by atoms with Crippen LogP contribution in [0.3, 0.4) is 0 Å². The Morgan fingerprint density at radius 3 is 1.39 bits per heavy atom. The summed E-state index contributed by atoms with van der Waals surface area (Å²) in [7, 11) is 64.2. The van der Waals surface area contributed by atoms with Crippen molar-refractivity contribution in [3.63, 3.8) is 0 Å². The van der Waals surface area contributed by atoms with E-state index in [9.17, 15) is 0 Å². The third-order valence-corrected chi connectivity index (χ3v) is 11.5. The molecule has 0 bridgehead atoms. The van der Waals surface area contributed by atoms with Gasteiger partial charge in [-0.05, 0) is 102 Å². The van der Waals surface area contributed by atoms with Gasteiger partial charge in [0.25, 0.3) is 0 Å². The van der Waals surface area contributed by atoms with Crippen LogP contribution < -0.4 is 54.6 Å². The summed E-state index contributed by atoms with van der Waals surface area (Å²) < 4.78 is 2.22. The molecule has 59 heavy (non-hydrogen) atoms. The molecule has 0 spiro atoms. The first-order valence-electron chi connectivity index (χ1n) is 19.1. The lowest BCUT2D eigenvalue weighted by Gasteiger charge is -2.24. The standard InChI is InChI=1S/C47H24B10N2/c1-2-33-58-31-12-5-6-13-32(31)59(33)26-17-14-22(15-18-26)34-27-10-3-4-11-28(27)35(23-8-7-9-24(20-23)36-38(48)42(52)46(56)43(53)39(36)49)30-21-25(16-19-29(30)34)37-40(50)44(54)47(57)45(55)41(37)51/h3-21H,2H2,1H3. The minimum Gasteiger partial charge on any atom is -0.296 e. The lowest BCUT2D eigenvalue weighted by Crippen LogP contribution is -2.55. The molecular formula is C47H24B10N2. The zero-order valence-corrected chi connectivity index (χ0v) is 32.3. The molecule has 9 rings (SSSR count). The molecule has 20 radical (unpaired) electrons. The molecule has 0 N–H and O–H groups in total. The van der Waals surface area contributed by atoms with Gasteiger partial charge in [-0.15, -0.1) is 32.8 Å². The number of fused-ring (bicyclic) bond motifs is 3. The average Bonchev–Trinajstić information content (AvgIpc) is 3.64. The summed E-state index contributed by atoms with van der Waals surface area (Å²) in [5.41, 5.74) is 11.4. The predicted octanol–water partition coefficient (Wildman–Crippen LogP) is 0.500. The second-order valence-corrected chi connectivity index (χ2v) is 14.8. The lowest BCUT2D eigenvalue weighted by atomic mass is 9.59. The van der Waals surface area contributed by atoms with Crippen molar-refractivity contribution in [2.45, 2.75) is 13.3 Å². The van der Waals surface area contributed by atoms with E-state index in [0.717, 1.165) is 78.3 Å². The number of para-hydroxylation sites is 2. The quantitative estimate of drug-likeness (QED) is 0.181. The Labute approximate surface area is 358 Å². The van der Waals surface area contributed by atoms with E-state index in [1.165, 1.54) is 0 Å². The maximum atomic E-state index is 6.65. The minimum atomic E-state index is 0.149. The summed E-state index contributed by atoms with van der Waals surface area (Å²) in [5, 5.41) is 3.94. The van der Waals surface area contributed by atoms with Gasteiger partial charge in [0.2, 0.25) is 0 Å². The molecule has 8 aromatic carbocycles. The van der Waals surface area contributed by atoms with E-state index in [1.807, 2.05) is 54.6 Å². The Hall–Kier alpha value is -5.60. The number of imidazole rings is 1. The maximum absolute atomic E-state index is 6.65. The number of hydrogen-bond donors (Lipinski definition) is 0. The Morgan fingerprint density at radius 1 is 0.390 bits per heavy atom. The lowest BCUT2D eigenvalue weighted by molar-refractivity contribution is 0.908. The van der Waals surface area contributed by atoms with Crippen LogP contribution in [0.1, 0.15) is 12.7 Å². The first kappa shape index (κ1) is 38.9. The first-order chi connectivity index (χ1) is 28.4. The summed E-state index contributed by atoms with van der Waals surface area (Å²) in [6.07, 6.45) is 0.787. The van der Waals surface area contributed by atoms with Gasteiger partial charge in [-0.3, -0.25) is 4.57 Å². The second-order valence-electron chi connectivity index (χ2n) is 14.8.